The summed E-state index contributed by atoms with van der Waals surface area (Å²) in [6.45, 7) is 4.44. The molecule has 1 aromatic heterocycles. The summed E-state index contributed by atoms with van der Waals surface area (Å²) >= 11 is 1.56. The van der Waals surface area contributed by atoms with E-state index in [0.717, 1.165) is 9.88 Å². The Bertz CT molecular complexity index is 444. The summed E-state index contributed by atoms with van der Waals surface area (Å²) in [7, 11) is 0. The van der Waals surface area contributed by atoms with Crippen LogP contribution in [0.5, 0.6) is 0 Å². The molecule has 1 atom stereocenters. The van der Waals surface area contributed by atoms with Gasteiger partial charge in [0.05, 0.1) is 18.1 Å². The van der Waals surface area contributed by atoms with Gasteiger partial charge >= 0.3 is 0 Å². The molecule has 0 saturated carbocycles. The number of carbonyl (C=O) groups is 2. The SMILES string of the molecule is CCC1NC(=O)CN(Cc2cnc(C)s2)C1=O. The summed E-state index contributed by atoms with van der Waals surface area (Å²) < 4.78 is 0. The monoisotopic (exact) mass is 253 g/mol. The van der Waals surface area contributed by atoms with Crippen molar-refractivity contribution in [3.63, 3.8) is 0 Å². The molecule has 1 aromatic rings. The number of nitrogens with one attached hydrogen (secondary N) is 1. The molecule has 1 saturated heterocycles. The Balaban J connectivity index is 2.09. The summed E-state index contributed by atoms with van der Waals surface area (Å²) in [4.78, 5) is 30.2. The molecule has 0 aromatic carbocycles. The average molecular weight is 253 g/mol. The van der Waals surface area contributed by atoms with Gasteiger partial charge in [-0.25, -0.2) is 4.98 Å². The van der Waals surface area contributed by atoms with Crippen molar-refractivity contribution in [2.45, 2.75) is 32.9 Å². The second kappa shape index (κ2) is 4.83. The van der Waals surface area contributed by atoms with Crippen LogP contribution in [0.2, 0.25) is 0 Å². The standard InChI is InChI=1S/C11H15N3O2S/c1-3-9-11(16)14(6-10(15)13-9)5-8-4-12-7(2)17-8/h4,9H,3,5-6H2,1-2H3,(H,13,15). The molecule has 0 aliphatic carbocycles. The van der Waals surface area contributed by atoms with E-state index in [-0.39, 0.29) is 24.4 Å². The fraction of sp³-hybridized carbons (Fsp3) is 0.545. The molecule has 5 nitrogen and oxygen atoms in total. The third kappa shape index (κ3) is 2.63. The highest BCUT2D eigenvalue weighted by Crippen LogP contribution is 2.16. The Morgan fingerprint density at radius 3 is 2.94 bits per heavy atom. The molecular formula is C11H15N3O2S. The zero-order valence-electron chi connectivity index (χ0n) is 9.90. The maximum atomic E-state index is 12.0. The van der Waals surface area contributed by atoms with Crippen molar-refractivity contribution in [3.05, 3.63) is 16.1 Å². The predicted molar refractivity (Wildman–Crippen MR) is 64.5 cm³/mol. The van der Waals surface area contributed by atoms with Crippen molar-refractivity contribution in [2.24, 2.45) is 0 Å². The van der Waals surface area contributed by atoms with Gasteiger partial charge in [0, 0.05) is 11.1 Å². The lowest BCUT2D eigenvalue weighted by atomic mass is 10.1. The number of amides is 2. The van der Waals surface area contributed by atoms with E-state index in [4.69, 9.17) is 0 Å². The minimum atomic E-state index is -0.370. The Morgan fingerprint density at radius 1 is 1.59 bits per heavy atom. The third-order valence-corrected chi connectivity index (χ3v) is 3.60. The first-order valence-corrected chi connectivity index (χ1v) is 6.41. The van der Waals surface area contributed by atoms with E-state index in [1.54, 1.807) is 22.4 Å². The van der Waals surface area contributed by atoms with E-state index in [0.29, 0.717) is 13.0 Å². The molecule has 6 heteroatoms. The number of nitrogens with zero attached hydrogens (tertiary/aromatic N) is 2. The Morgan fingerprint density at radius 2 is 2.35 bits per heavy atom. The third-order valence-electron chi connectivity index (χ3n) is 2.70. The topological polar surface area (TPSA) is 62.3 Å². The molecule has 1 fully saturated rings. The number of thiazole rings is 1. The fourth-order valence-electron chi connectivity index (χ4n) is 1.85. The van der Waals surface area contributed by atoms with Crippen LogP contribution in [-0.2, 0) is 16.1 Å². The highest BCUT2D eigenvalue weighted by Gasteiger charge is 2.31. The first kappa shape index (κ1) is 12.0. The zero-order valence-corrected chi connectivity index (χ0v) is 10.7. The van der Waals surface area contributed by atoms with Crippen molar-refractivity contribution in [3.8, 4) is 0 Å². The quantitative estimate of drug-likeness (QED) is 0.862. The van der Waals surface area contributed by atoms with Gasteiger partial charge in [-0.3, -0.25) is 9.59 Å². The Kier molecular flexibility index (Phi) is 3.42. The molecule has 0 radical (unpaired) electrons. The smallest absolute Gasteiger partial charge is 0.245 e. The summed E-state index contributed by atoms with van der Waals surface area (Å²) in [6.07, 6.45) is 2.39. The van der Waals surface area contributed by atoms with Crippen LogP contribution in [0.1, 0.15) is 23.2 Å². The van der Waals surface area contributed by atoms with Crippen molar-refractivity contribution in [1.29, 1.82) is 0 Å². The maximum Gasteiger partial charge on any atom is 0.245 e. The minimum Gasteiger partial charge on any atom is -0.343 e. The van der Waals surface area contributed by atoms with Crippen molar-refractivity contribution in [1.82, 2.24) is 15.2 Å². The van der Waals surface area contributed by atoms with E-state index in [9.17, 15) is 9.59 Å². The summed E-state index contributed by atoms with van der Waals surface area (Å²) in [5, 5.41) is 3.67. The summed E-state index contributed by atoms with van der Waals surface area (Å²) in [5.74, 6) is -0.0872. The van der Waals surface area contributed by atoms with Gasteiger partial charge in [-0.15, -0.1) is 11.3 Å². The lowest BCUT2D eigenvalue weighted by Crippen LogP contribution is -2.57. The molecule has 2 amide bonds. The zero-order chi connectivity index (χ0) is 12.4. The van der Waals surface area contributed by atoms with Gasteiger partial charge in [0.15, 0.2) is 0 Å². The Labute approximate surface area is 104 Å². The molecule has 92 valence electrons. The molecule has 1 aliphatic heterocycles. The highest BCUT2D eigenvalue weighted by molar-refractivity contribution is 7.11. The second-order valence-corrected chi connectivity index (χ2v) is 5.39. The Hall–Kier alpha value is -1.43. The van der Waals surface area contributed by atoms with Crippen LogP contribution in [0.15, 0.2) is 6.20 Å². The minimum absolute atomic E-state index is 0.00171. The number of hydrogen-bond donors (Lipinski definition) is 1. The highest BCUT2D eigenvalue weighted by atomic mass is 32.1. The van der Waals surface area contributed by atoms with Crippen LogP contribution in [0.3, 0.4) is 0 Å². The van der Waals surface area contributed by atoms with Crippen LogP contribution < -0.4 is 5.32 Å². The van der Waals surface area contributed by atoms with Crippen LogP contribution in [0.25, 0.3) is 0 Å². The van der Waals surface area contributed by atoms with Gasteiger partial charge < -0.3 is 10.2 Å². The van der Waals surface area contributed by atoms with E-state index in [1.165, 1.54) is 0 Å². The molecule has 17 heavy (non-hydrogen) atoms. The normalized spacial score (nSPS) is 20.6. The van der Waals surface area contributed by atoms with E-state index >= 15 is 0 Å². The lowest BCUT2D eigenvalue weighted by molar-refractivity contribution is -0.144. The maximum absolute atomic E-state index is 12.0. The predicted octanol–water partition coefficient (Wildman–Crippen LogP) is 0.689. The number of aromatic nitrogens is 1. The molecule has 2 rings (SSSR count). The van der Waals surface area contributed by atoms with Gasteiger partial charge in [-0.05, 0) is 13.3 Å². The van der Waals surface area contributed by atoms with Crippen molar-refractivity contribution < 1.29 is 9.59 Å². The van der Waals surface area contributed by atoms with E-state index in [1.807, 2.05) is 13.8 Å². The van der Waals surface area contributed by atoms with E-state index in [2.05, 4.69) is 10.3 Å². The molecule has 1 aliphatic rings. The van der Waals surface area contributed by atoms with Crippen LogP contribution in [0, 0.1) is 6.92 Å². The van der Waals surface area contributed by atoms with Gasteiger partial charge in [0.1, 0.15) is 6.04 Å². The molecule has 1 N–H and O–H groups in total. The molecular weight excluding hydrogens is 238 g/mol. The molecule has 0 spiro atoms. The van der Waals surface area contributed by atoms with Crippen molar-refractivity contribution in [2.75, 3.05) is 6.54 Å². The van der Waals surface area contributed by atoms with Crippen LogP contribution in [0.4, 0.5) is 0 Å². The number of aryl methyl sites for hydroxylation is 1. The van der Waals surface area contributed by atoms with Crippen LogP contribution in [-0.4, -0.2) is 34.3 Å². The van der Waals surface area contributed by atoms with Crippen LogP contribution >= 0.6 is 11.3 Å². The molecule has 2 heterocycles. The molecule has 1 unspecified atom stereocenters. The van der Waals surface area contributed by atoms with Gasteiger partial charge in [-0.2, -0.15) is 0 Å². The first-order valence-electron chi connectivity index (χ1n) is 5.59. The van der Waals surface area contributed by atoms with E-state index < -0.39 is 0 Å². The summed E-state index contributed by atoms with van der Waals surface area (Å²) in [6, 6.07) is -0.370. The number of hydrogen-bond acceptors (Lipinski definition) is 4. The number of piperazine rings is 1. The lowest BCUT2D eigenvalue weighted by Gasteiger charge is -2.31. The second-order valence-electron chi connectivity index (χ2n) is 4.07. The van der Waals surface area contributed by atoms with Gasteiger partial charge in [-0.1, -0.05) is 6.92 Å². The summed E-state index contributed by atoms with van der Waals surface area (Å²) in [5.41, 5.74) is 0. The largest absolute Gasteiger partial charge is 0.343 e. The number of carbonyl (C=O) groups excluding carboxylic acids is 2. The first-order chi connectivity index (χ1) is 8.10. The van der Waals surface area contributed by atoms with Gasteiger partial charge in [0.25, 0.3) is 0 Å². The number of rotatable bonds is 3. The average Bonchev–Trinajstić information content (AvgIpc) is 2.69. The molecule has 0 bridgehead atoms. The van der Waals surface area contributed by atoms with Crippen molar-refractivity contribution >= 4 is 23.2 Å². The van der Waals surface area contributed by atoms with Gasteiger partial charge in [0.2, 0.25) is 11.8 Å². The fourth-order valence-corrected chi connectivity index (χ4v) is 2.66.